The predicted octanol–water partition coefficient (Wildman–Crippen LogP) is 3.21. The van der Waals surface area contributed by atoms with Crippen molar-refractivity contribution in [3.63, 3.8) is 0 Å². The Morgan fingerprint density at radius 2 is 1.82 bits per heavy atom. The van der Waals surface area contributed by atoms with Gasteiger partial charge in [0.05, 0.1) is 12.6 Å². The molecule has 0 saturated carbocycles. The van der Waals surface area contributed by atoms with Gasteiger partial charge in [0.25, 0.3) is 0 Å². The molecule has 1 aromatic heterocycles. The quantitative estimate of drug-likeness (QED) is 0.859. The van der Waals surface area contributed by atoms with Gasteiger partial charge in [0.2, 0.25) is 0 Å². The Hall–Kier alpha value is -1.54. The molecule has 2 rings (SSSR count). The first kappa shape index (κ1) is 11.9. The minimum Gasteiger partial charge on any atom is -0.392 e. The number of nitrogens with zero attached hydrogens (tertiary/aromatic N) is 1. The molecule has 0 aliphatic heterocycles. The molecule has 17 heavy (non-hydrogen) atoms. The van der Waals surface area contributed by atoms with Crippen LogP contribution < -0.4 is 0 Å². The first-order valence-corrected chi connectivity index (χ1v) is 5.98. The summed E-state index contributed by atoms with van der Waals surface area (Å²) in [5, 5.41) is 9.30. The van der Waals surface area contributed by atoms with Crippen molar-refractivity contribution in [2.75, 3.05) is 0 Å². The Kier molecular flexibility index (Phi) is 3.34. The SMILES string of the molecule is Cc1cc(CO)c(C)n1[C@@H](C)c1ccccc1. The number of aliphatic hydroxyl groups is 1. The normalized spacial score (nSPS) is 12.7. The molecule has 2 nitrogen and oxygen atoms in total. The zero-order valence-electron chi connectivity index (χ0n) is 10.6. The van der Waals surface area contributed by atoms with Gasteiger partial charge in [0.1, 0.15) is 0 Å². The molecule has 0 fully saturated rings. The van der Waals surface area contributed by atoms with E-state index in [-0.39, 0.29) is 6.61 Å². The molecule has 0 saturated heterocycles. The third-order valence-corrected chi connectivity index (χ3v) is 3.43. The minimum atomic E-state index is 0.112. The molecule has 90 valence electrons. The fourth-order valence-corrected chi connectivity index (χ4v) is 2.48. The zero-order valence-corrected chi connectivity index (χ0v) is 10.6. The lowest BCUT2D eigenvalue weighted by Crippen LogP contribution is -2.10. The number of benzene rings is 1. The van der Waals surface area contributed by atoms with Crippen molar-refractivity contribution in [3.8, 4) is 0 Å². The smallest absolute Gasteiger partial charge is 0.0699 e. The number of aromatic nitrogens is 1. The molecule has 0 amide bonds. The van der Waals surface area contributed by atoms with Gasteiger partial charge >= 0.3 is 0 Å². The molecule has 0 bridgehead atoms. The van der Waals surface area contributed by atoms with Crippen molar-refractivity contribution in [1.82, 2.24) is 4.57 Å². The molecule has 1 atom stereocenters. The molecule has 0 radical (unpaired) electrons. The van der Waals surface area contributed by atoms with Gasteiger partial charge in [-0.25, -0.2) is 0 Å². The summed E-state index contributed by atoms with van der Waals surface area (Å²) in [7, 11) is 0. The van der Waals surface area contributed by atoms with Crippen LogP contribution in [0, 0.1) is 13.8 Å². The molecule has 0 aliphatic rings. The number of rotatable bonds is 3. The standard InChI is InChI=1S/C15H19NO/c1-11-9-15(10-17)13(3)16(11)12(2)14-7-5-4-6-8-14/h4-9,12,17H,10H2,1-3H3/t12-/m0/s1. The lowest BCUT2D eigenvalue weighted by atomic mass is 10.1. The summed E-state index contributed by atoms with van der Waals surface area (Å²) in [4.78, 5) is 0. The van der Waals surface area contributed by atoms with Crippen LogP contribution in [-0.2, 0) is 6.61 Å². The van der Waals surface area contributed by atoms with Crippen LogP contribution in [0.4, 0.5) is 0 Å². The van der Waals surface area contributed by atoms with Crippen LogP contribution in [0.1, 0.15) is 35.5 Å². The monoisotopic (exact) mass is 229 g/mol. The maximum absolute atomic E-state index is 9.30. The lowest BCUT2D eigenvalue weighted by molar-refractivity contribution is 0.280. The van der Waals surface area contributed by atoms with Crippen LogP contribution in [0.2, 0.25) is 0 Å². The number of hydrogen-bond donors (Lipinski definition) is 1. The van der Waals surface area contributed by atoms with Gasteiger partial charge in [0.15, 0.2) is 0 Å². The molecule has 1 N–H and O–H groups in total. The Balaban J connectivity index is 2.44. The highest BCUT2D eigenvalue weighted by molar-refractivity contribution is 5.30. The molecule has 2 heteroatoms. The maximum Gasteiger partial charge on any atom is 0.0699 e. The van der Waals surface area contributed by atoms with Crippen LogP contribution in [0.25, 0.3) is 0 Å². The van der Waals surface area contributed by atoms with E-state index in [2.05, 4.69) is 55.7 Å². The maximum atomic E-state index is 9.30. The molecule has 1 heterocycles. The van der Waals surface area contributed by atoms with Gasteiger partial charge in [-0.1, -0.05) is 30.3 Å². The van der Waals surface area contributed by atoms with E-state index >= 15 is 0 Å². The van der Waals surface area contributed by atoms with Crippen molar-refractivity contribution in [1.29, 1.82) is 0 Å². The first-order valence-electron chi connectivity index (χ1n) is 5.98. The van der Waals surface area contributed by atoms with Crippen LogP contribution in [0.5, 0.6) is 0 Å². The van der Waals surface area contributed by atoms with E-state index in [0.29, 0.717) is 6.04 Å². The third kappa shape index (κ3) is 2.13. The van der Waals surface area contributed by atoms with E-state index in [4.69, 9.17) is 0 Å². The highest BCUT2D eigenvalue weighted by atomic mass is 16.3. The summed E-state index contributed by atoms with van der Waals surface area (Å²) in [5.74, 6) is 0. The second kappa shape index (κ2) is 4.76. The fourth-order valence-electron chi connectivity index (χ4n) is 2.48. The highest BCUT2D eigenvalue weighted by Gasteiger charge is 2.14. The summed E-state index contributed by atoms with van der Waals surface area (Å²) in [6, 6.07) is 12.8. The number of aliphatic hydroxyl groups excluding tert-OH is 1. The average Bonchev–Trinajstić information content (AvgIpc) is 2.64. The second-order valence-electron chi connectivity index (χ2n) is 4.51. The van der Waals surface area contributed by atoms with Crippen LogP contribution in [0.3, 0.4) is 0 Å². The molecule has 0 unspecified atom stereocenters. The Bertz CT molecular complexity index is 499. The molecule has 2 aromatic rings. The van der Waals surface area contributed by atoms with Crippen LogP contribution >= 0.6 is 0 Å². The average molecular weight is 229 g/mol. The van der Waals surface area contributed by atoms with E-state index < -0.39 is 0 Å². The van der Waals surface area contributed by atoms with Gasteiger partial charge in [-0.3, -0.25) is 0 Å². The second-order valence-corrected chi connectivity index (χ2v) is 4.51. The lowest BCUT2D eigenvalue weighted by Gasteiger charge is -2.19. The molecule has 1 aromatic carbocycles. The van der Waals surface area contributed by atoms with Crippen molar-refractivity contribution in [2.24, 2.45) is 0 Å². The van der Waals surface area contributed by atoms with Crippen molar-refractivity contribution in [3.05, 3.63) is 58.9 Å². The van der Waals surface area contributed by atoms with Crippen molar-refractivity contribution < 1.29 is 5.11 Å². The van der Waals surface area contributed by atoms with Gasteiger partial charge in [0, 0.05) is 11.4 Å². The summed E-state index contributed by atoms with van der Waals surface area (Å²) in [6.07, 6.45) is 0. The van der Waals surface area contributed by atoms with Crippen molar-refractivity contribution in [2.45, 2.75) is 33.4 Å². The summed E-state index contributed by atoms with van der Waals surface area (Å²) in [5.41, 5.74) is 4.66. The summed E-state index contributed by atoms with van der Waals surface area (Å²) in [6.45, 7) is 6.46. The Morgan fingerprint density at radius 3 is 2.35 bits per heavy atom. The topological polar surface area (TPSA) is 25.2 Å². The van der Waals surface area contributed by atoms with Crippen LogP contribution in [0.15, 0.2) is 36.4 Å². The molecular formula is C15H19NO. The van der Waals surface area contributed by atoms with Crippen molar-refractivity contribution >= 4 is 0 Å². The molecular weight excluding hydrogens is 210 g/mol. The van der Waals surface area contributed by atoms with Gasteiger partial charge < -0.3 is 9.67 Å². The largest absolute Gasteiger partial charge is 0.392 e. The van der Waals surface area contributed by atoms with E-state index in [1.165, 1.54) is 11.3 Å². The number of aryl methyl sites for hydroxylation is 1. The summed E-state index contributed by atoms with van der Waals surface area (Å²) < 4.78 is 2.28. The van der Waals surface area contributed by atoms with Gasteiger partial charge in [-0.2, -0.15) is 0 Å². The third-order valence-electron chi connectivity index (χ3n) is 3.43. The molecule has 0 spiro atoms. The fraction of sp³-hybridized carbons (Fsp3) is 0.333. The van der Waals surface area contributed by atoms with Gasteiger partial charge in [-0.05, 0) is 38.0 Å². The van der Waals surface area contributed by atoms with E-state index in [1.807, 2.05) is 6.07 Å². The highest BCUT2D eigenvalue weighted by Crippen LogP contribution is 2.25. The van der Waals surface area contributed by atoms with Gasteiger partial charge in [-0.15, -0.1) is 0 Å². The first-order chi connectivity index (χ1) is 8.15. The summed E-state index contributed by atoms with van der Waals surface area (Å²) >= 11 is 0. The zero-order chi connectivity index (χ0) is 12.4. The number of hydrogen-bond acceptors (Lipinski definition) is 1. The Labute approximate surface area is 103 Å². The van der Waals surface area contributed by atoms with E-state index in [0.717, 1.165) is 11.3 Å². The van der Waals surface area contributed by atoms with Crippen LogP contribution in [-0.4, -0.2) is 9.67 Å². The Morgan fingerprint density at radius 1 is 1.18 bits per heavy atom. The predicted molar refractivity (Wildman–Crippen MR) is 70.1 cm³/mol. The van der Waals surface area contributed by atoms with E-state index in [9.17, 15) is 5.11 Å². The van der Waals surface area contributed by atoms with E-state index in [1.54, 1.807) is 0 Å². The molecule has 0 aliphatic carbocycles. The minimum absolute atomic E-state index is 0.112.